The van der Waals surface area contributed by atoms with E-state index < -0.39 is 0 Å². The number of methoxy groups -OCH3 is 3. The van der Waals surface area contributed by atoms with Crippen molar-refractivity contribution in [1.82, 2.24) is 4.90 Å². The highest BCUT2D eigenvalue weighted by molar-refractivity contribution is 5.45. The van der Waals surface area contributed by atoms with Crippen molar-refractivity contribution in [3.05, 3.63) is 53.1 Å². The summed E-state index contributed by atoms with van der Waals surface area (Å²) < 4.78 is 16.2. The van der Waals surface area contributed by atoms with Crippen LogP contribution in [0.1, 0.15) is 22.7 Å². The molecule has 4 heteroatoms. The van der Waals surface area contributed by atoms with E-state index in [4.69, 9.17) is 14.2 Å². The van der Waals surface area contributed by atoms with E-state index in [0.717, 1.165) is 36.6 Å². The Balaban J connectivity index is 1.92. The van der Waals surface area contributed by atoms with Gasteiger partial charge in [0.25, 0.3) is 0 Å². The van der Waals surface area contributed by atoms with Crippen LogP contribution < -0.4 is 14.2 Å². The SMILES string of the molecule is COc1ccc2c(c1)C(Cc1ccc(OC)c(OC)c1)N(C)CC2. The first kappa shape index (κ1) is 16.7. The number of hydrogen-bond acceptors (Lipinski definition) is 4. The van der Waals surface area contributed by atoms with Crippen LogP contribution in [0.15, 0.2) is 36.4 Å². The van der Waals surface area contributed by atoms with Crippen LogP contribution in [0.4, 0.5) is 0 Å². The van der Waals surface area contributed by atoms with Gasteiger partial charge < -0.3 is 14.2 Å². The second-order valence-corrected chi connectivity index (χ2v) is 6.20. The summed E-state index contributed by atoms with van der Waals surface area (Å²) in [5.74, 6) is 2.46. The first-order chi connectivity index (χ1) is 11.7. The first-order valence-corrected chi connectivity index (χ1v) is 8.24. The van der Waals surface area contributed by atoms with E-state index in [1.807, 2.05) is 6.07 Å². The van der Waals surface area contributed by atoms with E-state index in [1.165, 1.54) is 16.7 Å². The molecule has 1 atom stereocenters. The predicted molar refractivity (Wildman–Crippen MR) is 95.3 cm³/mol. The molecule has 0 bridgehead atoms. The van der Waals surface area contributed by atoms with E-state index >= 15 is 0 Å². The van der Waals surface area contributed by atoms with Crippen LogP contribution in [0.3, 0.4) is 0 Å². The van der Waals surface area contributed by atoms with Crippen molar-refractivity contribution < 1.29 is 14.2 Å². The fourth-order valence-electron chi connectivity index (χ4n) is 3.42. The van der Waals surface area contributed by atoms with Gasteiger partial charge >= 0.3 is 0 Å². The molecule has 1 aliphatic rings. The van der Waals surface area contributed by atoms with Crippen LogP contribution in [0.5, 0.6) is 17.2 Å². The third-order valence-corrected chi connectivity index (χ3v) is 4.85. The fraction of sp³-hybridized carbons (Fsp3) is 0.400. The molecular formula is C20H25NO3. The number of nitrogens with zero attached hydrogens (tertiary/aromatic N) is 1. The molecule has 128 valence electrons. The minimum absolute atomic E-state index is 0.335. The zero-order chi connectivity index (χ0) is 17.1. The summed E-state index contributed by atoms with van der Waals surface area (Å²) in [6.45, 7) is 1.07. The van der Waals surface area contributed by atoms with E-state index in [2.05, 4.69) is 42.3 Å². The van der Waals surface area contributed by atoms with Gasteiger partial charge in [-0.2, -0.15) is 0 Å². The molecule has 0 aromatic heterocycles. The molecule has 4 nitrogen and oxygen atoms in total. The second kappa shape index (κ2) is 7.14. The lowest BCUT2D eigenvalue weighted by Gasteiger charge is -2.35. The van der Waals surface area contributed by atoms with E-state index in [9.17, 15) is 0 Å². The number of benzene rings is 2. The zero-order valence-corrected chi connectivity index (χ0v) is 14.8. The molecule has 1 unspecified atom stereocenters. The van der Waals surface area contributed by atoms with Crippen LogP contribution in [-0.4, -0.2) is 39.8 Å². The molecule has 0 amide bonds. The van der Waals surface area contributed by atoms with Gasteiger partial charge in [0.1, 0.15) is 5.75 Å². The summed E-state index contributed by atoms with van der Waals surface area (Å²) in [5.41, 5.74) is 4.01. The van der Waals surface area contributed by atoms with Gasteiger partial charge in [0, 0.05) is 12.6 Å². The number of rotatable bonds is 5. The minimum atomic E-state index is 0.335. The smallest absolute Gasteiger partial charge is 0.160 e. The van der Waals surface area contributed by atoms with Crippen molar-refractivity contribution >= 4 is 0 Å². The van der Waals surface area contributed by atoms with Crippen LogP contribution in [0, 0.1) is 0 Å². The van der Waals surface area contributed by atoms with Crippen LogP contribution in [-0.2, 0) is 12.8 Å². The van der Waals surface area contributed by atoms with Gasteiger partial charge in [0.2, 0.25) is 0 Å². The van der Waals surface area contributed by atoms with Crippen LogP contribution in [0.2, 0.25) is 0 Å². The summed E-state index contributed by atoms with van der Waals surface area (Å²) in [5, 5.41) is 0. The summed E-state index contributed by atoms with van der Waals surface area (Å²) in [7, 11) is 7.24. The Morgan fingerprint density at radius 3 is 2.46 bits per heavy atom. The monoisotopic (exact) mass is 327 g/mol. The number of fused-ring (bicyclic) bond motifs is 1. The Labute approximate surface area is 144 Å². The molecule has 0 saturated carbocycles. The largest absolute Gasteiger partial charge is 0.497 e. The van der Waals surface area contributed by atoms with Crippen molar-refractivity contribution in [1.29, 1.82) is 0 Å². The molecule has 0 fully saturated rings. The second-order valence-electron chi connectivity index (χ2n) is 6.20. The maximum atomic E-state index is 5.44. The van der Waals surface area contributed by atoms with E-state index in [0.29, 0.717) is 6.04 Å². The Hall–Kier alpha value is -2.20. The van der Waals surface area contributed by atoms with Gasteiger partial charge in [-0.1, -0.05) is 12.1 Å². The number of ether oxygens (including phenoxy) is 3. The molecule has 3 rings (SSSR count). The highest BCUT2D eigenvalue weighted by atomic mass is 16.5. The average Bonchev–Trinajstić information content (AvgIpc) is 2.63. The third kappa shape index (κ3) is 3.20. The molecule has 2 aromatic rings. The molecule has 1 heterocycles. The topological polar surface area (TPSA) is 30.9 Å². The third-order valence-electron chi connectivity index (χ3n) is 4.85. The maximum Gasteiger partial charge on any atom is 0.160 e. The molecule has 0 radical (unpaired) electrons. The van der Waals surface area contributed by atoms with Gasteiger partial charge in [-0.25, -0.2) is 0 Å². The maximum absolute atomic E-state index is 5.44. The lowest BCUT2D eigenvalue weighted by Crippen LogP contribution is -2.33. The first-order valence-electron chi connectivity index (χ1n) is 8.24. The highest BCUT2D eigenvalue weighted by Crippen LogP contribution is 2.35. The summed E-state index contributed by atoms with van der Waals surface area (Å²) in [4.78, 5) is 2.42. The zero-order valence-electron chi connectivity index (χ0n) is 14.8. The van der Waals surface area contributed by atoms with Crippen molar-refractivity contribution in [2.75, 3.05) is 34.9 Å². The van der Waals surface area contributed by atoms with Crippen LogP contribution >= 0.6 is 0 Å². The number of hydrogen-bond donors (Lipinski definition) is 0. The van der Waals surface area contributed by atoms with Crippen molar-refractivity contribution in [3.63, 3.8) is 0 Å². The summed E-state index contributed by atoms with van der Waals surface area (Å²) in [6, 6.07) is 12.9. The van der Waals surface area contributed by atoms with Gasteiger partial charge in [-0.3, -0.25) is 4.90 Å². The minimum Gasteiger partial charge on any atom is -0.497 e. The molecule has 2 aromatic carbocycles. The van der Waals surface area contributed by atoms with E-state index in [1.54, 1.807) is 21.3 Å². The van der Waals surface area contributed by atoms with Gasteiger partial charge in [0.05, 0.1) is 21.3 Å². The lowest BCUT2D eigenvalue weighted by atomic mass is 9.89. The summed E-state index contributed by atoms with van der Waals surface area (Å²) >= 11 is 0. The van der Waals surface area contributed by atoms with Gasteiger partial charge in [0.15, 0.2) is 11.5 Å². The Kier molecular flexibility index (Phi) is 4.95. The fourth-order valence-corrected chi connectivity index (χ4v) is 3.42. The van der Waals surface area contributed by atoms with Crippen molar-refractivity contribution in [2.24, 2.45) is 0 Å². The Morgan fingerprint density at radius 1 is 0.958 bits per heavy atom. The highest BCUT2D eigenvalue weighted by Gasteiger charge is 2.25. The molecule has 0 saturated heterocycles. The quantitative estimate of drug-likeness (QED) is 0.841. The molecule has 0 N–H and O–H groups in total. The van der Waals surface area contributed by atoms with Crippen molar-refractivity contribution in [3.8, 4) is 17.2 Å². The van der Waals surface area contributed by atoms with Gasteiger partial charge in [-0.05, 0) is 60.8 Å². The normalized spacial score (nSPS) is 17.2. The summed E-state index contributed by atoms with van der Waals surface area (Å²) in [6.07, 6.45) is 2.01. The standard InChI is InChI=1S/C20H25NO3/c1-21-10-9-15-6-7-16(22-2)13-17(15)18(21)11-14-5-8-19(23-3)20(12-14)24-4/h5-8,12-13,18H,9-11H2,1-4H3. The lowest BCUT2D eigenvalue weighted by molar-refractivity contribution is 0.228. The molecule has 0 aliphatic carbocycles. The van der Waals surface area contributed by atoms with E-state index in [-0.39, 0.29) is 0 Å². The predicted octanol–water partition coefficient (Wildman–Crippen LogP) is 3.48. The molecule has 1 aliphatic heterocycles. The Bertz CT molecular complexity index is 714. The number of likely N-dealkylation sites (N-methyl/N-ethyl adjacent to an activating group) is 1. The average molecular weight is 327 g/mol. The molecule has 0 spiro atoms. The van der Waals surface area contributed by atoms with Gasteiger partial charge in [-0.15, -0.1) is 0 Å². The Morgan fingerprint density at radius 2 is 1.75 bits per heavy atom. The van der Waals surface area contributed by atoms with Crippen LogP contribution in [0.25, 0.3) is 0 Å². The molecule has 24 heavy (non-hydrogen) atoms. The molecular weight excluding hydrogens is 302 g/mol. The van der Waals surface area contributed by atoms with Crippen molar-refractivity contribution in [2.45, 2.75) is 18.9 Å².